The number of hydrogen-bond donors (Lipinski definition) is 3. The van der Waals surface area contributed by atoms with Crippen molar-refractivity contribution in [3.63, 3.8) is 0 Å². The summed E-state index contributed by atoms with van der Waals surface area (Å²) in [6.07, 6.45) is 5.96. The lowest BCUT2D eigenvalue weighted by molar-refractivity contribution is 0.0772. The number of hydrogen-bond acceptors (Lipinski definition) is 6. The molecular weight excluding hydrogens is 516 g/mol. The van der Waals surface area contributed by atoms with Crippen LogP contribution in [0.2, 0.25) is 0 Å². The summed E-state index contributed by atoms with van der Waals surface area (Å²) >= 11 is 0. The highest BCUT2D eigenvalue weighted by molar-refractivity contribution is 6.02. The van der Waals surface area contributed by atoms with Crippen LogP contribution in [0.5, 0.6) is 5.75 Å². The van der Waals surface area contributed by atoms with Crippen molar-refractivity contribution >= 4 is 22.6 Å². The van der Waals surface area contributed by atoms with E-state index in [0.29, 0.717) is 47.9 Å². The monoisotopic (exact) mass is 554 g/mol. The molecule has 0 radical (unpaired) electrons. The molecule has 1 saturated heterocycles. The van der Waals surface area contributed by atoms with Crippen molar-refractivity contribution < 1.29 is 9.53 Å². The van der Waals surface area contributed by atoms with Crippen LogP contribution in [0.15, 0.2) is 47.4 Å². The van der Waals surface area contributed by atoms with E-state index in [9.17, 15) is 9.59 Å². The van der Waals surface area contributed by atoms with Gasteiger partial charge in [0.25, 0.3) is 11.5 Å². The summed E-state index contributed by atoms with van der Waals surface area (Å²) in [6, 6.07) is 11.9. The summed E-state index contributed by atoms with van der Waals surface area (Å²) in [7, 11) is 0. The number of benzene rings is 2. The highest BCUT2D eigenvalue weighted by atomic mass is 16.5. The van der Waals surface area contributed by atoms with Crippen LogP contribution in [0.3, 0.4) is 0 Å². The van der Waals surface area contributed by atoms with E-state index in [-0.39, 0.29) is 11.5 Å². The van der Waals surface area contributed by atoms with Gasteiger partial charge in [0.2, 0.25) is 0 Å². The number of imidazole rings is 1. The minimum absolute atomic E-state index is 0.0656. The normalized spacial score (nSPS) is 15.2. The molecule has 9 heteroatoms. The molecule has 214 valence electrons. The number of rotatable bonds is 11. The van der Waals surface area contributed by atoms with Crippen LogP contribution in [0, 0.1) is 13.8 Å². The van der Waals surface area contributed by atoms with E-state index >= 15 is 0 Å². The van der Waals surface area contributed by atoms with Gasteiger partial charge in [-0.15, -0.1) is 0 Å². The van der Waals surface area contributed by atoms with Gasteiger partial charge >= 0.3 is 0 Å². The topological polar surface area (TPSA) is 106 Å². The molecule has 4 heterocycles. The van der Waals surface area contributed by atoms with Crippen molar-refractivity contribution in [2.45, 2.75) is 46.1 Å². The molecule has 3 N–H and O–H groups in total. The van der Waals surface area contributed by atoms with Gasteiger partial charge in [0, 0.05) is 31.4 Å². The fraction of sp³-hybridized carbons (Fsp3) is 0.406. The number of carbonyl (C=O) groups is 1. The molecule has 4 aromatic rings. The van der Waals surface area contributed by atoms with Crippen molar-refractivity contribution in [3.05, 3.63) is 75.2 Å². The second kappa shape index (κ2) is 11.8. The predicted octanol–water partition coefficient (Wildman–Crippen LogP) is 4.86. The maximum atomic E-state index is 13.1. The zero-order valence-corrected chi connectivity index (χ0v) is 23.9. The smallest absolute Gasteiger partial charge is 0.261 e. The third-order valence-electron chi connectivity index (χ3n) is 8.11. The Bertz CT molecular complexity index is 1620. The van der Waals surface area contributed by atoms with Gasteiger partial charge in [-0.1, -0.05) is 17.7 Å². The third-order valence-corrected chi connectivity index (χ3v) is 8.11. The molecule has 1 amide bonds. The number of aryl methyl sites for hydroxylation is 2. The van der Waals surface area contributed by atoms with E-state index < -0.39 is 0 Å². The molecule has 2 aliphatic rings. The SMILES string of the molecule is Cc1ccc(OCCCNc2cc[nH]c(=O)c2-c2nc3cc4c(cc3[nH]2)CN(CCCN2CCCC2)C4=O)c(C)c1. The molecule has 0 aliphatic carbocycles. The zero-order chi connectivity index (χ0) is 28.3. The first-order valence-electron chi connectivity index (χ1n) is 14.7. The van der Waals surface area contributed by atoms with E-state index in [1.165, 1.54) is 31.5 Å². The summed E-state index contributed by atoms with van der Waals surface area (Å²) in [5, 5.41) is 3.38. The first-order chi connectivity index (χ1) is 20.0. The number of amides is 1. The fourth-order valence-electron chi connectivity index (χ4n) is 5.97. The Balaban J connectivity index is 1.11. The van der Waals surface area contributed by atoms with Crippen molar-refractivity contribution in [1.82, 2.24) is 24.8 Å². The van der Waals surface area contributed by atoms with E-state index in [4.69, 9.17) is 9.72 Å². The number of fused-ring (bicyclic) bond motifs is 2. The van der Waals surface area contributed by atoms with E-state index in [2.05, 4.69) is 33.2 Å². The van der Waals surface area contributed by atoms with Gasteiger partial charge in [-0.2, -0.15) is 0 Å². The van der Waals surface area contributed by atoms with Crippen LogP contribution in [0.4, 0.5) is 5.69 Å². The molecule has 1 fully saturated rings. The molecule has 0 spiro atoms. The first kappa shape index (κ1) is 27.1. The summed E-state index contributed by atoms with van der Waals surface area (Å²) < 4.78 is 5.95. The summed E-state index contributed by atoms with van der Waals surface area (Å²) in [6.45, 7) is 10.1. The molecule has 41 heavy (non-hydrogen) atoms. The number of pyridine rings is 1. The minimum Gasteiger partial charge on any atom is -0.493 e. The number of aromatic amines is 2. The Kier molecular flexibility index (Phi) is 7.78. The molecule has 0 bridgehead atoms. The van der Waals surface area contributed by atoms with Gasteiger partial charge in [-0.3, -0.25) is 9.59 Å². The zero-order valence-electron chi connectivity index (χ0n) is 23.9. The lowest BCUT2D eigenvalue weighted by Gasteiger charge is -2.19. The highest BCUT2D eigenvalue weighted by Crippen LogP contribution is 2.30. The standard InChI is InChI=1S/C32H38N6O3/c1-21-7-8-28(22(2)17-21)41-16-5-10-33-25-9-11-34-31(39)29(25)30-35-26-18-23-20-38(15-6-14-37-12-3-4-13-37)32(40)24(23)19-27(26)36-30/h7-9,11,17-19H,3-6,10,12-16,20H2,1-2H3,(H,35,36)(H2,33,34,39). The molecule has 0 saturated carbocycles. The molecule has 2 aliphatic heterocycles. The maximum absolute atomic E-state index is 13.1. The van der Waals surface area contributed by atoms with Gasteiger partial charge in [-0.05, 0) is 94.6 Å². The molecule has 2 aromatic carbocycles. The van der Waals surface area contributed by atoms with E-state index in [0.717, 1.165) is 48.3 Å². The van der Waals surface area contributed by atoms with Crippen molar-refractivity contribution in [3.8, 4) is 17.1 Å². The first-order valence-corrected chi connectivity index (χ1v) is 14.7. The number of H-pyrrole nitrogens is 2. The van der Waals surface area contributed by atoms with Crippen LogP contribution in [-0.4, -0.2) is 70.0 Å². The summed E-state index contributed by atoms with van der Waals surface area (Å²) in [5.41, 5.74) is 6.48. The second-order valence-electron chi connectivity index (χ2n) is 11.2. The van der Waals surface area contributed by atoms with Gasteiger partial charge in [-0.25, -0.2) is 4.98 Å². The average Bonchev–Trinajstić information content (AvgIpc) is 3.68. The highest BCUT2D eigenvalue weighted by Gasteiger charge is 2.28. The van der Waals surface area contributed by atoms with Crippen LogP contribution in [-0.2, 0) is 6.54 Å². The lowest BCUT2D eigenvalue weighted by atomic mass is 10.1. The predicted molar refractivity (Wildman–Crippen MR) is 162 cm³/mol. The van der Waals surface area contributed by atoms with Crippen LogP contribution in [0.25, 0.3) is 22.4 Å². The number of aromatic nitrogens is 3. The Morgan fingerprint density at radius 1 is 1.02 bits per heavy atom. The number of anilines is 1. The van der Waals surface area contributed by atoms with Crippen molar-refractivity contribution in [1.29, 1.82) is 0 Å². The van der Waals surface area contributed by atoms with Crippen molar-refractivity contribution in [2.75, 3.05) is 44.6 Å². The largest absolute Gasteiger partial charge is 0.493 e. The lowest BCUT2D eigenvalue weighted by Crippen LogP contribution is -2.29. The van der Waals surface area contributed by atoms with Crippen LogP contribution >= 0.6 is 0 Å². The Morgan fingerprint density at radius 3 is 2.71 bits per heavy atom. The number of carbonyl (C=O) groups excluding carboxylic acids is 1. The third kappa shape index (κ3) is 5.86. The molecule has 6 rings (SSSR count). The van der Waals surface area contributed by atoms with Crippen LogP contribution < -0.4 is 15.6 Å². The van der Waals surface area contributed by atoms with Gasteiger partial charge < -0.3 is 29.8 Å². The second-order valence-corrected chi connectivity index (χ2v) is 11.2. The Morgan fingerprint density at radius 2 is 1.88 bits per heavy atom. The number of nitrogens with zero attached hydrogens (tertiary/aromatic N) is 3. The average molecular weight is 555 g/mol. The van der Waals surface area contributed by atoms with E-state index in [1.807, 2.05) is 42.2 Å². The Labute approximate surface area is 239 Å². The quantitative estimate of drug-likeness (QED) is 0.229. The maximum Gasteiger partial charge on any atom is 0.261 e. The number of likely N-dealkylation sites (tertiary alicyclic amines) is 1. The van der Waals surface area contributed by atoms with Crippen LogP contribution in [0.1, 0.15) is 52.7 Å². The molecule has 9 nitrogen and oxygen atoms in total. The Hall–Kier alpha value is -4.11. The minimum atomic E-state index is -0.228. The fourth-order valence-corrected chi connectivity index (χ4v) is 5.97. The van der Waals surface area contributed by atoms with Crippen molar-refractivity contribution in [2.24, 2.45) is 0 Å². The van der Waals surface area contributed by atoms with Gasteiger partial charge in [0.1, 0.15) is 17.1 Å². The van der Waals surface area contributed by atoms with Gasteiger partial charge in [0.05, 0.1) is 23.3 Å². The van der Waals surface area contributed by atoms with Gasteiger partial charge in [0.15, 0.2) is 0 Å². The summed E-state index contributed by atoms with van der Waals surface area (Å²) in [5.74, 6) is 1.44. The number of nitrogens with one attached hydrogen (secondary N) is 3. The molecule has 0 atom stereocenters. The number of ether oxygens (including phenoxy) is 1. The summed E-state index contributed by atoms with van der Waals surface area (Å²) in [4.78, 5) is 41.3. The molecule has 0 unspecified atom stereocenters. The molecule has 2 aromatic heterocycles. The molecular formula is C32H38N6O3. The van der Waals surface area contributed by atoms with E-state index in [1.54, 1.807) is 6.20 Å².